The van der Waals surface area contributed by atoms with Crippen LogP contribution in [0.4, 0.5) is 10.1 Å². The van der Waals surface area contributed by atoms with Crippen LogP contribution in [-0.4, -0.2) is 32.9 Å². The second-order valence-electron chi connectivity index (χ2n) is 6.38. The maximum Gasteiger partial charge on any atom is 0.348 e. The Bertz CT molecular complexity index is 885. The van der Waals surface area contributed by atoms with E-state index in [0.717, 1.165) is 36.9 Å². The SMILES string of the molecule is O=C(CSc1nc(=O)n(CCCO)c2c1CCCC2)Nc1ccccc1F. The molecule has 0 spiro atoms. The van der Waals surface area contributed by atoms with Gasteiger partial charge in [-0.05, 0) is 44.2 Å². The van der Waals surface area contributed by atoms with Crippen molar-refractivity contribution in [2.24, 2.45) is 0 Å². The van der Waals surface area contributed by atoms with Gasteiger partial charge in [-0.25, -0.2) is 9.18 Å². The van der Waals surface area contributed by atoms with Crippen molar-refractivity contribution in [3.8, 4) is 0 Å². The Balaban J connectivity index is 1.75. The van der Waals surface area contributed by atoms with Crippen LogP contribution in [0.1, 0.15) is 30.5 Å². The third-order valence-electron chi connectivity index (χ3n) is 4.48. The summed E-state index contributed by atoms with van der Waals surface area (Å²) in [6, 6.07) is 5.99. The molecule has 0 aliphatic heterocycles. The van der Waals surface area contributed by atoms with E-state index < -0.39 is 5.82 Å². The molecule has 6 nitrogen and oxygen atoms in total. The molecule has 0 saturated heterocycles. The molecule has 2 aromatic rings. The van der Waals surface area contributed by atoms with Crippen molar-refractivity contribution >= 4 is 23.4 Å². The molecular formula is C19H22FN3O3S. The molecule has 1 aromatic heterocycles. The predicted molar refractivity (Wildman–Crippen MR) is 103 cm³/mol. The number of nitrogens with zero attached hydrogens (tertiary/aromatic N) is 2. The van der Waals surface area contributed by atoms with Crippen molar-refractivity contribution in [1.29, 1.82) is 0 Å². The number of amides is 1. The quantitative estimate of drug-likeness (QED) is 0.559. The minimum atomic E-state index is -0.488. The monoisotopic (exact) mass is 391 g/mol. The highest BCUT2D eigenvalue weighted by molar-refractivity contribution is 8.00. The first-order chi connectivity index (χ1) is 13.1. The summed E-state index contributed by atoms with van der Waals surface area (Å²) >= 11 is 1.21. The van der Waals surface area contributed by atoms with Gasteiger partial charge < -0.3 is 10.4 Å². The van der Waals surface area contributed by atoms with Gasteiger partial charge in [0.25, 0.3) is 0 Å². The van der Waals surface area contributed by atoms with Gasteiger partial charge in [-0.3, -0.25) is 9.36 Å². The average Bonchev–Trinajstić information content (AvgIpc) is 2.67. The van der Waals surface area contributed by atoms with Gasteiger partial charge in [-0.15, -0.1) is 0 Å². The van der Waals surface area contributed by atoms with Crippen molar-refractivity contribution in [1.82, 2.24) is 9.55 Å². The van der Waals surface area contributed by atoms with E-state index in [-0.39, 0.29) is 29.6 Å². The molecule has 27 heavy (non-hydrogen) atoms. The van der Waals surface area contributed by atoms with E-state index in [0.29, 0.717) is 18.0 Å². The van der Waals surface area contributed by atoms with Crippen LogP contribution in [0.2, 0.25) is 0 Å². The number of rotatable bonds is 7. The van der Waals surface area contributed by atoms with Crippen LogP contribution in [0.15, 0.2) is 34.1 Å². The van der Waals surface area contributed by atoms with Gasteiger partial charge in [-0.2, -0.15) is 4.98 Å². The molecule has 1 heterocycles. The number of thioether (sulfide) groups is 1. The lowest BCUT2D eigenvalue weighted by molar-refractivity contribution is -0.113. The van der Waals surface area contributed by atoms with E-state index >= 15 is 0 Å². The molecule has 1 aromatic carbocycles. The zero-order valence-electron chi connectivity index (χ0n) is 14.9. The number of halogens is 1. The lowest BCUT2D eigenvalue weighted by atomic mass is 9.97. The van der Waals surface area contributed by atoms with Gasteiger partial charge in [0.1, 0.15) is 10.8 Å². The first-order valence-corrected chi connectivity index (χ1v) is 9.99. The van der Waals surface area contributed by atoms with E-state index in [2.05, 4.69) is 10.3 Å². The Hall–Kier alpha value is -2.19. The number of aliphatic hydroxyl groups excluding tert-OH is 1. The average molecular weight is 391 g/mol. The van der Waals surface area contributed by atoms with Gasteiger partial charge in [0.05, 0.1) is 11.4 Å². The highest BCUT2D eigenvalue weighted by Gasteiger charge is 2.21. The molecule has 144 valence electrons. The summed E-state index contributed by atoms with van der Waals surface area (Å²) in [5, 5.41) is 12.2. The Morgan fingerprint density at radius 1 is 1.30 bits per heavy atom. The molecule has 1 aliphatic rings. The number of anilines is 1. The topological polar surface area (TPSA) is 84.2 Å². The van der Waals surface area contributed by atoms with Crippen LogP contribution in [0.5, 0.6) is 0 Å². The molecule has 1 aliphatic carbocycles. The molecule has 0 saturated carbocycles. The van der Waals surface area contributed by atoms with Crippen molar-refractivity contribution in [3.63, 3.8) is 0 Å². The summed E-state index contributed by atoms with van der Waals surface area (Å²) in [6.45, 7) is 0.470. The summed E-state index contributed by atoms with van der Waals surface area (Å²) in [7, 11) is 0. The zero-order valence-corrected chi connectivity index (χ0v) is 15.7. The van der Waals surface area contributed by atoms with Crippen LogP contribution in [0.3, 0.4) is 0 Å². The summed E-state index contributed by atoms with van der Waals surface area (Å²) in [5.41, 5.74) is 1.77. The van der Waals surface area contributed by atoms with Crippen molar-refractivity contribution in [3.05, 3.63) is 51.8 Å². The van der Waals surface area contributed by atoms with Crippen molar-refractivity contribution in [2.75, 3.05) is 17.7 Å². The smallest absolute Gasteiger partial charge is 0.348 e. The second kappa shape index (κ2) is 9.14. The lowest BCUT2D eigenvalue weighted by Crippen LogP contribution is -2.30. The number of carbonyl (C=O) groups excluding carboxylic acids is 1. The minimum Gasteiger partial charge on any atom is -0.396 e. The van der Waals surface area contributed by atoms with Gasteiger partial charge in [0, 0.05) is 24.4 Å². The number of aliphatic hydroxyl groups is 1. The van der Waals surface area contributed by atoms with Crippen LogP contribution < -0.4 is 11.0 Å². The van der Waals surface area contributed by atoms with Gasteiger partial charge in [0.15, 0.2) is 0 Å². The Labute approximate surface area is 160 Å². The van der Waals surface area contributed by atoms with E-state index in [1.54, 1.807) is 16.7 Å². The van der Waals surface area contributed by atoms with Crippen LogP contribution in [-0.2, 0) is 24.2 Å². The molecule has 0 atom stereocenters. The van der Waals surface area contributed by atoms with E-state index in [9.17, 15) is 14.0 Å². The van der Waals surface area contributed by atoms with Crippen LogP contribution in [0.25, 0.3) is 0 Å². The molecular weight excluding hydrogens is 369 g/mol. The maximum absolute atomic E-state index is 13.6. The van der Waals surface area contributed by atoms with Crippen molar-refractivity contribution < 1.29 is 14.3 Å². The third-order valence-corrected chi connectivity index (χ3v) is 5.50. The summed E-state index contributed by atoms with van der Waals surface area (Å²) < 4.78 is 15.3. The minimum absolute atomic E-state index is 0.0218. The van der Waals surface area contributed by atoms with Gasteiger partial charge in [0.2, 0.25) is 5.91 Å². The van der Waals surface area contributed by atoms with E-state index in [1.807, 2.05) is 0 Å². The van der Waals surface area contributed by atoms with E-state index in [4.69, 9.17) is 5.11 Å². The first-order valence-electron chi connectivity index (χ1n) is 9.00. The largest absolute Gasteiger partial charge is 0.396 e. The maximum atomic E-state index is 13.6. The molecule has 0 radical (unpaired) electrons. The zero-order chi connectivity index (χ0) is 19.2. The number of benzene rings is 1. The van der Waals surface area contributed by atoms with Gasteiger partial charge in [-0.1, -0.05) is 23.9 Å². The van der Waals surface area contributed by atoms with Crippen molar-refractivity contribution in [2.45, 2.75) is 43.7 Å². The van der Waals surface area contributed by atoms with Gasteiger partial charge >= 0.3 is 5.69 Å². The fourth-order valence-electron chi connectivity index (χ4n) is 3.21. The fraction of sp³-hybridized carbons (Fsp3) is 0.421. The summed E-state index contributed by atoms with van der Waals surface area (Å²) in [6.07, 6.45) is 4.15. The number of nitrogens with one attached hydrogen (secondary N) is 1. The summed E-state index contributed by atoms with van der Waals surface area (Å²) in [5.74, 6) is -0.785. The molecule has 0 bridgehead atoms. The molecule has 3 rings (SSSR count). The Kier molecular flexibility index (Phi) is 6.63. The highest BCUT2D eigenvalue weighted by Crippen LogP contribution is 2.28. The number of hydrogen-bond donors (Lipinski definition) is 2. The molecule has 0 unspecified atom stereocenters. The first kappa shape index (κ1) is 19.6. The standard InChI is InChI=1S/C19H22FN3O3S/c20-14-7-2-3-8-15(14)21-17(25)12-27-18-13-6-1-4-9-16(13)23(10-5-11-24)19(26)22-18/h2-3,7-8,24H,1,4-6,9-12H2,(H,21,25). The summed E-state index contributed by atoms with van der Waals surface area (Å²) in [4.78, 5) is 28.7. The Morgan fingerprint density at radius 3 is 2.85 bits per heavy atom. The number of carbonyl (C=O) groups is 1. The lowest BCUT2D eigenvalue weighted by Gasteiger charge is -2.22. The second-order valence-corrected chi connectivity index (χ2v) is 7.34. The van der Waals surface area contributed by atoms with Crippen LogP contribution >= 0.6 is 11.8 Å². The third kappa shape index (κ3) is 4.75. The number of aromatic nitrogens is 2. The molecule has 1 amide bonds. The molecule has 2 N–H and O–H groups in total. The molecule has 0 fully saturated rings. The molecule has 8 heteroatoms. The number of para-hydroxylation sites is 1. The Morgan fingerprint density at radius 2 is 2.07 bits per heavy atom. The fourth-order valence-corrected chi connectivity index (χ4v) is 4.09. The predicted octanol–water partition coefficient (Wildman–Crippen LogP) is 2.37. The number of hydrogen-bond acceptors (Lipinski definition) is 5. The van der Waals surface area contributed by atoms with Crippen LogP contribution in [0, 0.1) is 5.82 Å². The normalized spacial score (nSPS) is 13.3. The highest BCUT2D eigenvalue weighted by atomic mass is 32.2. The van der Waals surface area contributed by atoms with E-state index in [1.165, 1.54) is 23.9 Å². The number of fused-ring (bicyclic) bond motifs is 1.